The Bertz CT molecular complexity index is 1670. The maximum absolute atomic E-state index is 13.5. The first-order valence-corrected chi connectivity index (χ1v) is 13.2. The van der Waals surface area contributed by atoms with E-state index in [1.165, 1.54) is 23.0 Å². The molecule has 1 saturated heterocycles. The molecule has 42 heavy (non-hydrogen) atoms. The number of nitrogens with zero attached hydrogens (tertiary/aromatic N) is 5. The van der Waals surface area contributed by atoms with Crippen molar-refractivity contribution in [2.75, 3.05) is 36.5 Å². The van der Waals surface area contributed by atoms with E-state index in [0.29, 0.717) is 49.3 Å². The second kappa shape index (κ2) is 11.6. The number of aliphatic imine (C=N–C) groups is 1. The fourth-order valence-electron chi connectivity index (χ4n) is 4.65. The van der Waals surface area contributed by atoms with Crippen LogP contribution in [0.15, 0.2) is 84.1 Å². The predicted molar refractivity (Wildman–Crippen MR) is 154 cm³/mol. The van der Waals surface area contributed by atoms with Gasteiger partial charge in [0.15, 0.2) is 11.6 Å². The first-order chi connectivity index (χ1) is 20.5. The van der Waals surface area contributed by atoms with Crippen LogP contribution in [-0.4, -0.2) is 70.8 Å². The number of hydrogen-bond acceptors (Lipinski definition) is 9. The smallest absolute Gasteiger partial charge is 0.290 e. The van der Waals surface area contributed by atoms with Crippen molar-refractivity contribution < 1.29 is 18.7 Å². The van der Waals surface area contributed by atoms with Crippen LogP contribution in [0.4, 0.5) is 15.9 Å². The Morgan fingerprint density at radius 1 is 1.05 bits per heavy atom. The molecule has 212 valence electrons. The Balaban J connectivity index is 1.26. The van der Waals surface area contributed by atoms with Gasteiger partial charge < -0.3 is 25.0 Å². The van der Waals surface area contributed by atoms with E-state index >= 15 is 0 Å². The number of carbonyl (C=O) groups excluding carboxylic acids is 1. The van der Waals surface area contributed by atoms with Crippen LogP contribution in [-0.2, 0) is 14.3 Å². The van der Waals surface area contributed by atoms with Crippen LogP contribution in [0.1, 0.15) is 16.7 Å². The number of ether oxygens (including phenoxy) is 2. The van der Waals surface area contributed by atoms with Crippen molar-refractivity contribution in [3.63, 3.8) is 0 Å². The summed E-state index contributed by atoms with van der Waals surface area (Å²) >= 11 is 0. The third-order valence-electron chi connectivity index (χ3n) is 6.66. The Morgan fingerprint density at radius 3 is 2.57 bits per heavy atom. The lowest BCUT2D eigenvalue weighted by Gasteiger charge is -2.27. The highest BCUT2D eigenvalue weighted by Gasteiger charge is 2.28. The zero-order valence-electron chi connectivity index (χ0n) is 22.3. The number of carbonyl (C=O) groups is 1. The highest BCUT2D eigenvalue weighted by Crippen LogP contribution is 2.25. The van der Waals surface area contributed by atoms with Gasteiger partial charge in [-0.3, -0.25) is 15.6 Å². The Hall–Kier alpha value is -5.43. The minimum Gasteiger partial charge on any atom is -0.407 e. The maximum atomic E-state index is 13.5. The standard InChI is InChI=1S/C29H26FN9O3/c30-19-10-11-23(33-16-19)39-17-21(27(37-39)38-12-14-41-15-13-38)25(31)42-29(32)36-26-28(40)34-22-9-5-4-8-20(22)24(35-26)18-6-2-1-3-7-18/h1-11,16-17,26,31H,12-15H2,(H2,32,36)(H,34,40)/t26-/m1/s1. The number of anilines is 2. The summed E-state index contributed by atoms with van der Waals surface area (Å²) in [5, 5.41) is 27.3. The van der Waals surface area contributed by atoms with Gasteiger partial charge in [-0.2, -0.15) is 0 Å². The zero-order chi connectivity index (χ0) is 29.1. The van der Waals surface area contributed by atoms with Gasteiger partial charge in [0.1, 0.15) is 5.82 Å². The molecule has 6 rings (SSSR count). The molecule has 0 unspecified atom stereocenters. The summed E-state index contributed by atoms with van der Waals surface area (Å²) in [6.07, 6.45) is 1.39. The summed E-state index contributed by atoms with van der Waals surface area (Å²) in [6.45, 7) is 2.02. The van der Waals surface area contributed by atoms with Crippen LogP contribution in [0.5, 0.6) is 0 Å². The summed E-state index contributed by atoms with van der Waals surface area (Å²) in [5.41, 5.74) is 2.96. The van der Waals surface area contributed by atoms with Crippen LogP contribution >= 0.6 is 0 Å². The fourth-order valence-corrected chi connectivity index (χ4v) is 4.65. The molecule has 0 aliphatic carbocycles. The molecule has 12 nitrogen and oxygen atoms in total. The minimum atomic E-state index is -1.21. The minimum absolute atomic E-state index is 0.278. The molecule has 1 atom stereocenters. The number of benzene rings is 2. The average molecular weight is 568 g/mol. The Labute approximate surface area is 239 Å². The van der Waals surface area contributed by atoms with Gasteiger partial charge in [-0.25, -0.2) is 19.0 Å². The largest absolute Gasteiger partial charge is 0.407 e. The molecular weight excluding hydrogens is 541 g/mol. The van der Waals surface area contributed by atoms with Crippen LogP contribution in [0, 0.1) is 16.6 Å². The summed E-state index contributed by atoms with van der Waals surface area (Å²) in [5.74, 6) is -0.590. The molecule has 1 fully saturated rings. The number of halogens is 1. The number of hydrogen-bond donors (Lipinski definition) is 4. The van der Waals surface area contributed by atoms with Gasteiger partial charge in [0, 0.05) is 30.4 Å². The van der Waals surface area contributed by atoms with Crippen LogP contribution in [0.3, 0.4) is 0 Å². The molecule has 0 spiro atoms. The van der Waals surface area contributed by atoms with E-state index in [4.69, 9.17) is 20.3 Å². The lowest BCUT2D eigenvalue weighted by atomic mass is 10.0. The molecule has 4 aromatic rings. The molecule has 2 aliphatic rings. The van der Waals surface area contributed by atoms with E-state index in [-0.39, 0.29) is 11.5 Å². The van der Waals surface area contributed by atoms with Gasteiger partial charge in [0.2, 0.25) is 12.1 Å². The summed E-state index contributed by atoms with van der Waals surface area (Å²) in [6, 6.07) is 18.9. The van der Waals surface area contributed by atoms with E-state index in [9.17, 15) is 9.18 Å². The molecule has 1 amide bonds. The lowest BCUT2D eigenvalue weighted by Crippen LogP contribution is -2.43. The Kier molecular flexibility index (Phi) is 7.39. The van der Waals surface area contributed by atoms with Crippen molar-refractivity contribution in [2.45, 2.75) is 6.17 Å². The number of pyridine rings is 1. The second-order valence-corrected chi connectivity index (χ2v) is 9.43. The first kappa shape index (κ1) is 26.8. The van der Waals surface area contributed by atoms with Gasteiger partial charge in [0.25, 0.3) is 11.9 Å². The normalized spacial score (nSPS) is 16.5. The number of nitrogens with one attached hydrogen (secondary N) is 4. The van der Waals surface area contributed by atoms with Crippen molar-refractivity contribution in [2.24, 2.45) is 4.99 Å². The van der Waals surface area contributed by atoms with Gasteiger partial charge in [0.05, 0.1) is 36.4 Å². The van der Waals surface area contributed by atoms with Crippen molar-refractivity contribution >= 4 is 35.0 Å². The molecule has 2 aromatic heterocycles. The summed E-state index contributed by atoms with van der Waals surface area (Å²) in [4.78, 5) is 23.8. The van der Waals surface area contributed by atoms with Crippen LogP contribution in [0.25, 0.3) is 5.82 Å². The highest BCUT2D eigenvalue weighted by atomic mass is 19.1. The molecule has 13 heteroatoms. The van der Waals surface area contributed by atoms with Crippen molar-refractivity contribution in [3.05, 3.63) is 102 Å². The van der Waals surface area contributed by atoms with Gasteiger partial charge in [-0.1, -0.05) is 48.5 Å². The highest BCUT2D eigenvalue weighted by molar-refractivity contribution is 6.19. The number of aromatic nitrogens is 3. The third kappa shape index (κ3) is 5.58. The molecule has 0 bridgehead atoms. The second-order valence-electron chi connectivity index (χ2n) is 9.43. The number of morpholine rings is 1. The zero-order valence-corrected chi connectivity index (χ0v) is 22.3. The lowest BCUT2D eigenvalue weighted by molar-refractivity contribution is -0.117. The molecular formula is C29H26FN9O3. The van der Waals surface area contributed by atoms with E-state index in [0.717, 1.165) is 17.3 Å². The van der Waals surface area contributed by atoms with Gasteiger partial charge in [-0.05, 0) is 18.2 Å². The van der Waals surface area contributed by atoms with Crippen LogP contribution in [0.2, 0.25) is 0 Å². The number of para-hydroxylation sites is 1. The molecule has 4 N–H and O–H groups in total. The quantitative estimate of drug-likeness (QED) is 0.214. The maximum Gasteiger partial charge on any atom is 0.290 e. The number of amidine groups is 1. The number of fused-ring (bicyclic) bond motifs is 1. The van der Waals surface area contributed by atoms with Gasteiger partial charge in [-0.15, -0.1) is 5.10 Å². The fraction of sp³-hybridized carbons (Fsp3) is 0.172. The van der Waals surface area contributed by atoms with Crippen molar-refractivity contribution in [1.29, 1.82) is 10.8 Å². The van der Waals surface area contributed by atoms with E-state index < -0.39 is 23.9 Å². The molecule has 0 saturated carbocycles. The van der Waals surface area contributed by atoms with E-state index in [2.05, 4.69) is 25.7 Å². The molecule has 0 radical (unpaired) electrons. The SMILES string of the molecule is N=C(N[C@H]1N=C(c2ccccc2)c2ccccc2NC1=O)OC(=N)c1cn(-c2ccc(F)cn2)nc1N1CCOCC1. The number of benzodiazepines with no additional fused rings is 1. The van der Waals surface area contributed by atoms with E-state index in [1.807, 2.05) is 53.4 Å². The summed E-state index contributed by atoms with van der Waals surface area (Å²) < 4.78 is 25.9. The van der Waals surface area contributed by atoms with Crippen LogP contribution < -0.4 is 15.5 Å². The first-order valence-electron chi connectivity index (χ1n) is 13.2. The predicted octanol–water partition coefficient (Wildman–Crippen LogP) is 2.93. The molecule has 2 aliphatic heterocycles. The third-order valence-corrected chi connectivity index (χ3v) is 6.66. The molecule has 2 aromatic carbocycles. The Morgan fingerprint density at radius 2 is 1.81 bits per heavy atom. The van der Waals surface area contributed by atoms with Crippen molar-refractivity contribution in [1.82, 2.24) is 20.1 Å². The topological polar surface area (TPSA) is 154 Å². The molecule has 4 heterocycles. The monoisotopic (exact) mass is 567 g/mol. The summed E-state index contributed by atoms with van der Waals surface area (Å²) in [7, 11) is 0. The van der Waals surface area contributed by atoms with E-state index in [1.54, 1.807) is 6.07 Å². The number of rotatable bonds is 5. The number of amides is 1. The average Bonchev–Trinajstić information content (AvgIpc) is 3.41. The van der Waals surface area contributed by atoms with Gasteiger partial charge >= 0.3 is 0 Å². The van der Waals surface area contributed by atoms with Crippen molar-refractivity contribution in [3.8, 4) is 5.82 Å².